The van der Waals surface area contributed by atoms with Gasteiger partial charge in [0.05, 0.1) is 16.6 Å². The summed E-state index contributed by atoms with van der Waals surface area (Å²) in [6.45, 7) is 2.34. The Kier molecular flexibility index (Phi) is 4.14. The molecule has 142 valence electrons. The highest BCUT2D eigenvalue weighted by atomic mass is 19.4. The molecule has 28 heavy (non-hydrogen) atoms. The minimum absolute atomic E-state index is 0.297. The summed E-state index contributed by atoms with van der Waals surface area (Å²) in [5.74, 6) is -0.611. The van der Waals surface area contributed by atoms with E-state index in [1.807, 2.05) is 35.8 Å². The standard InChI is InChI=1S/C22H17F3N2O/c1-13-5-2-3-6-14(13)12-27-18-8-4-7-17(21(26)28)20(18)16-10-9-15(11-19(16)27)22(23,24)25/h2-11H,12H2,1H3,(H2,26,28). The van der Waals surface area contributed by atoms with Crippen LogP contribution >= 0.6 is 0 Å². The number of amides is 1. The number of hydrogen-bond donors (Lipinski definition) is 1. The molecule has 0 aliphatic heterocycles. The number of primary amides is 1. The Balaban J connectivity index is 2.08. The lowest BCUT2D eigenvalue weighted by molar-refractivity contribution is -0.137. The average molecular weight is 382 g/mol. The Morgan fingerprint density at radius 3 is 2.43 bits per heavy atom. The number of fused-ring (bicyclic) bond motifs is 3. The molecule has 6 heteroatoms. The predicted octanol–water partition coefficient (Wildman–Crippen LogP) is 5.27. The zero-order chi connectivity index (χ0) is 20.1. The third kappa shape index (κ3) is 2.91. The fourth-order valence-electron chi connectivity index (χ4n) is 3.65. The third-order valence-electron chi connectivity index (χ3n) is 5.07. The van der Waals surface area contributed by atoms with Gasteiger partial charge in [0, 0.05) is 22.9 Å². The second kappa shape index (κ2) is 6.41. The summed E-state index contributed by atoms with van der Waals surface area (Å²) in [6, 6.07) is 16.4. The van der Waals surface area contributed by atoms with Crippen molar-refractivity contribution in [2.75, 3.05) is 0 Å². The van der Waals surface area contributed by atoms with Crippen LogP contribution in [0.25, 0.3) is 21.8 Å². The van der Waals surface area contributed by atoms with Crippen LogP contribution in [0.2, 0.25) is 0 Å². The highest BCUT2D eigenvalue weighted by Gasteiger charge is 2.31. The molecule has 0 atom stereocenters. The summed E-state index contributed by atoms with van der Waals surface area (Å²) in [5, 5.41) is 1.15. The van der Waals surface area contributed by atoms with E-state index in [1.165, 1.54) is 6.07 Å². The number of aromatic nitrogens is 1. The molecule has 0 radical (unpaired) electrons. The molecule has 0 saturated carbocycles. The van der Waals surface area contributed by atoms with E-state index in [0.29, 0.717) is 33.9 Å². The van der Waals surface area contributed by atoms with Crippen LogP contribution in [0.3, 0.4) is 0 Å². The third-order valence-corrected chi connectivity index (χ3v) is 5.07. The van der Waals surface area contributed by atoms with Crippen molar-refractivity contribution >= 4 is 27.7 Å². The van der Waals surface area contributed by atoms with Crippen molar-refractivity contribution < 1.29 is 18.0 Å². The quantitative estimate of drug-likeness (QED) is 0.516. The Morgan fingerprint density at radius 1 is 1.00 bits per heavy atom. The first-order valence-electron chi connectivity index (χ1n) is 8.74. The molecule has 1 amide bonds. The number of nitrogens with zero attached hydrogens (tertiary/aromatic N) is 1. The SMILES string of the molecule is Cc1ccccc1Cn1c2cc(C(F)(F)F)ccc2c2c(C(N)=O)cccc21. The predicted molar refractivity (Wildman–Crippen MR) is 103 cm³/mol. The van der Waals surface area contributed by atoms with E-state index in [1.54, 1.807) is 18.2 Å². The number of halogens is 3. The van der Waals surface area contributed by atoms with Crippen LogP contribution in [-0.2, 0) is 12.7 Å². The molecule has 0 fully saturated rings. The summed E-state index contributed by atoms with van der Waals surface area (Å²) in [5.41, 5.74) is 8.22. The molecule has 0 aliphatic carbocycles. The molecule has 0 saturated heterocycles. The first-order chi connectivity index (χ1) is 13.3. The number of hydrogen-bond acceptors (Lipinski definition) is 1. The number of carbonyl (C=O) groups is 1. The molecule has 1 heterocycles. The normalized spacial score (nSPS) is 12.0. The largest absolute Gasteiger partial charge is 0.416 e. The molecule has 0 bridgehead atoms. The van der Waals surface area contributed by atoms with Gasteiger partial charge in [-0.3, -0.25) is 4.79 Å². The Labute approximate surface area is 159 Å². The Morgan fingerprint density at radius 2 is 1.75 bits per heavy atom. The van der Waals surface area contributed by atoms with Crippen LogP contribution in [-0.4, -0.2) is 10.5 Å². The number of aryl methyl sites for hydroxylation is 1. The topological polar surface area (TPSA) is 48.0 Å². The molecule has 0 unspecified atom stereocenters. The van der Waals surface area contributed by atoms with Crippen molar-refractivity contribution in [1.29, 1.82) is 0 Å². The number of carbonyl (C=O) groups excluding carboxylic acids is 1. The summed E-state index contributed by atoms with van der Waals surface area (Å²) in [7, 11) is 0. The molecule has 3 aromatic carbocycles. The molecule has 1 aromatic heterocycles. The van der Waals surface area contributed by atoms with Crippen molar-refractivity contribution in [3.05, 3.63) is 82.9 Å². The van der Waals surface area contributed by atoms with Gasteiger partial charge in [0.1, 0.15) is 0 Å². The lowest BCUT2D eigenvalue weighted by Gasteiger charge is -2.12. The van der Waals surface area contributed by atoms with E-state index in [2.05, 4.69) is 0 Å². The average Bonchev–Trinajstić information content (AvgIpc) is 2.96. The molecular formula is C22H17F3N2O. The maximum atomic E-state index is 13.3. The Bertz CT molecular complexity index is 1220. The zero-order valence-electron chi connectivity index (χ0n) is 15.0. The second-order valence-electron chi connectivity index (χ2n) is 6.81. The van der Waals surface area contributed by atoms with Gasteiger partial charge in [-0.15, -0.1) is 0 Å². The second-order valence-corrected chi connectivity index (χ2v) is 6.81. The monoisotopic (exact) mass is 382 g/mol. The summed E-state index contributed by atoms with van der Waals surface area (Å²) in [6.07, 6.45) is -4.45. The van der Waals surface area contributed by atoms with Gasteiger partial charge in [-0.05, 0) is 42.3 Å². The van der Waals surface area contributed by atoms with Crippen LogP contribution in [0.5, 0.6) is 0 Å². The maximum absolute atomic E-state index is 13.3. The van der Waals surface area contributed by atoms with Gasteiger partial charge in [-0.2, -0.15) is 13.2 Å². The van der Waals surface area contributed by atoms with Crippen LogP contribution in [0, 0.1) is 6.92 Å². The summed E-state index contributed by atoms with van der Waals surface area (Å²) >= 11 is 0. The van der Waals surface area contributed by atoms with Gasteiger partial charge in [-0.25, -0.2) is 0 Å². The van der Waals surface area contributed by atoms with Gasteiger partial charge in [0.2, 0.25) is 5.91 Å². The van der Waals surface area contributed by atoms with Gasteiger partial charge in [0.25, 0.3) is 0 Å². The highest BCUT2D eigenvalue weighted by molar-refractivity contribution is 6.18. The molecule has 3 nitrogen and oxygen atoms in total. The molecular weight excluding hydrogens is 365 g/mol. The molecule has 4 rings (SSSR count). The van der Waals surface area contributed by atoms with E-state index in [-0.39, 0.29) is 0 Å². The van der Waals surface area contributed by atoms with Gasteiger partial charge in [-0.1, -0.05) is 36.4 Å². The minimum atomic E-state index is -4.45. The first kappa shape index (κ1) is 18.1. The lowest BCUT2D eigenvalue weighted by atomic mass is 10.0. The van der Waals surface area contributed by atoms with Gasteiger partial charge in [0.15, 0.2) is 0 Å². The lowest BCUT2D eigenvalue weighted by Crippen LogP contribution is -2.11. The van der Waals surface area contributed by atoms with E-state index in [4.69, 9.17) is 5.73 Å². The van der Waals surface area contributed by atoms with E-state index in [9.17, 15) is 18.0 Å². The Hall–Kier alpha value is -3.28. The van der Waals surface area contributed by atoms with Crippen molar-refractivity contribution in [1.82, 2.24) is 4.57 Å². The molecule has 0 aliphatic rings. The zero-order valence-corrected chi connectivity index (χ0v) is 15.0. The van der Waals surface area contributed by atoms with Crippen LogP contribution in [0.1, 0.15) is 27.0 Å². The van der Waals surface area contributed by atoms with Crippen molar-refractivity contribution in [3.8, 4) is 0 Å². The molecule has 4 aromatic rings. The smallest absolute Gasteiger partial charge is 0.366 e. The number of benzene rings is 3. The van der Waals surface area contributed by atoms with E-state index >= 15 is 0 Å². The molecule has 2 N–H and O–H groups in total. The first-order valence-corrected chi connectivity index (χ1v) is 8.74. The maximum Gasteiger partial charge on any atom is 0.416 e. The van der Waals surface area contributed by atoms with Gasteiger partial charge < -0.3 is 10.3 Å². The summed E-state index contributed by atoms with van der Waals surface area (Å²) in [4.78, 5) is 11.9. The summed E-state index contributed by atoms with van der Waals surface area (Å²) < 4.78 is 41.8. The van der Waals surface area contributed by atoms with Crippen molar-refractivity contribution in [2.24, 2.45) is 5.73 Å². The fraction of sp³-hybridized carbons (Fsp3) is 0.136. The van der Waals surface area contributed by atoms with Crippen molar-refractivity contribution in [2.45, 2.75) is 19.6 Å². The molecule has 0 spiro atoms. The highest BCUT2D eigenvalue weighted by Crippen LogP contribution is 2.37. The van der Waals surface area contributed by atoms with E-state index < -0.39 is 17.6 Å². The van der Waals surface area contributed by atoms with Crippen LogP contribution in [0.15, 0.2) is 60.7 Å². The van der Waals surface area contributed by atoms with Crippen LogP contribution < -0.4 is 5.73 Å². The number of alkyl halides is 3. The van der Waals surface area contributed by atoms with E-state index in [0.717, 1.165) is 23.3 Å². The number of rotatable bonds is 3. The minimum Gasteiger partial charge on any atom is -0.366 e. The van der Waals surface area contributed by atoms with Gasteiger partial charge >= 0.3 is 6.18 Å². The van der Waals surface area contributed by atoms with Crippen molar-refractivity contribution in [3.63, 3.8) is 0 Å². The van der Waals surface area contributed by atoms with Crippen LogP contribution in [0.4, 0.5) is 13.2 Å². The number of nitrogens with two attached hydrogens (primary N) is 1. The fourth-order valence-corrected chi connectivity index (χ4v) is 3.65.